The van der Waals surface area contributed by atoms with Crippen LogP contribution in [0.1, 0.15) is 34.6 Å². The minimum atomic E-state index is -5.91. The number of ether oxygens (including phenoxy) is 2. The Kier molecular flexibility index (Phi) is 20.6. The van der Waals surface area contributed by atoms with E-state index in [1.807, 2.05) is 34.6 Å². The van der Waals surface area contributed by atoms with Crippen molar-refractivity contribution in [2.75, 3.05) is 32.9 Å². The fourth-order valence-corrected chi connectivity index (χ4v) is 1.97. The summed E-state index contributed by atoms with van der Waals surface area (Å²) in [6.07, 6.45) is -2.69. The summed E-state index contributed by atoms with van der Waals surface area (Å²) >= 11 is 4.15. The number of amides is 1. The fourth-order valence-electron chi connectivity index (χ4n) is 1.50. The lowest BCUT2D eigenvalue weighted by atomic mass is 10.2. The summed E-state index contributed by atoms with van der Waals surface area (Å²) in [4.78, 5) is 12.4. The molecule has 1 aliphatic heterocycles. The van der Waals surface area contributed by atoms with E-state index in [-0.39, 0.29) is 31.6 Å². The van der Waals surface area contributed by atoms with Crippen LogP contribution in [0.2, 0.25) is 0 Å². The van der Waals surface area contributed by atoms with Crippen molar-refractivity contribution < 1.29 is 40.4 Å². The summed E-state index contributed by atoms with van der Waals surface area (Å²) < 4.78 is 76.3. The largest absolute Gasteiger partial charge is 0.446 e. The van der Waals surface area contributed by atoms with Gasteiger partial charge in [-0.2, -0.15) is 29.8 Å². The van der Waals surface area contributed by atoms with Crippen molar-refractivity contribution in [3.05, 3.63) is 36.3 Å². The van der Waals surface area contributed by atoms with Crippen LogP contribution in [-0.4, -0.2) is 73.6 Å². The van der Waals surface area contributed by atoms with Crippen LogP contribution in [0.3, 0.4) is 0 Å². The van der Waals surface area contributed by atoms with E-state index >= 15 is 0 Å². The molecule has 12 heteroatoms. The van der Waals surface area contributed by atoms with E-state index in [2.05, 4.69) is 42.0 Å². The second kappa shape index (κ2) is 18.8. The Balaban J connectivity index is -0.000000544. The van der Waals surface area contributed by atoms with E-state index in [1.165, 1.54) is 0 Å². The van der Waals surface area contributed by atoms with Gasteiger partial charge in [-0.1, -0.05) is 45.7 Å². The van der Waals surface area contributed by atoms with Crippen molar-refractivity contribution in [3.8, 4) is 0 Å². The number of hydrogen-bond donors (Lipinski definition) is 2. The van der Waals surface area contributed by atoms with E-state index in [1.54, 1.807) is 6.08 Å². The van der Waals surface area contributed by atoms with Crippen LogP contribution >= 0.6 is 12.6 Å². The van der Waals surface area contributed by atoms with Gasteiger partial charge in [-0.3, -0.25) is 4.55 Å². The maximum absolute atomic E-state index is 13.0. The SMILES string of the molecule is C=C=C=CC(=C)C(C)S.CC.CC.O=C(OCC(F)C(F)(F)S(=O)(=O)O)N1CCOCC1. The Bertz CT molecular complexity index is 726. The van der Waals surface area contributed by atoms with Gasteiger partial charge in [0, 0.05) is 18.3 Å². The lowest BCUT2D eigenvalue weighted by molar-refractivity contribution is -0.0390. The predicted octanol–water partition coefficient (Wildman–Crippen LogP) is 4.68. The zero-order chi connectivity index (χ0) is 26.0. The monoisotopic (exact) mass is 505 g/mol. The molecule has 2 atom stereocenters. The second-order valence-electron chi connectivity index (χ2n) is 5.40. The Morgan fingerprint density at radius 2 is 1.78 bits per heavy atom. The lowest BCUT2D eigenvalue weighted by Gasteiger charge is -2.26. The van der Waals surface area contributed by atoms with Crippen molar-refractivity contribution in [1.82, 2.24) is 4.90 Å². The van der Waals surface area contributed by atoms with Crippen molar-refractivity contribution in [2.24, 2.45) is 0 Å². The molecule has 1 amide bonds. The van der Waals surface area contributed by atoms with E-state index < -0.39 is 34.2 Å². The number of thiol groups is 1. The minimum Gasteiger partial charge on any atom is -0.446 e. The maximum atomic E-state index is 13.0. The quantitative estimate of drug-likeness (QED) is 0.236. The van der Waals surface area contributed by atoms with Crippen LogP contribution in [0.25, 0.3) is 0 Å². The van der Waals surface area contributed by atoms with E-state index in [0.29, 0.717) is 0 Å². The zero-order valence-electron chi connectivity index (χ0n) is 19.1. The molecule has 1 fully saturated rings. The highest BCUT2D eigenvalue weighted by atomic mass is 32.2. The first-order chi connectivity index (χ1) is 14.8. The molecule has 7 nitrogen and oxygen atoms in total. The van der Waals surface area contributed by atoms with Gasteiger partial charge >= 0.3 is 21.5 Å². The third-order valence-electron chi connectivity index (χ3n) is 3.23. The molecule has 0 aliphatic carbocycles. The highest BCUT2D eigenvalue weighted by Crippen LogP contribution is 2.27. The summed E-state index contributed by atoms with van der Waals surface area (Å²) in [5.74, 6) is 0. The second-order valence-corrected chi connectivity index (χ2v) is 7.67. The standard InChI is InChI=1S/C8H12F3NO6S.C8H10S.2C2H6/c9-6(8(10,11)19(14,15)16)5-18-7(13)12-1-3-17-4-2-12;1-4-5-6-7(2)8(3)9;2*1-2/h6H,1-5H2,(H,14,15,16);6,8-9H,1-2H2,3H3;2*1-2H3. The molecule has 0 radical (unpaired) electrons. The molecule has 32 heavy (non-hydrogen) atoms. The van der Waals surface area contributed by atoms with Gasteiger partial charge in [0.1, 0.15) is 6.61 Å². The van der Waals surface area contributed by atoms with Gasteiger partial charge in [0.25, 0.3) is 0 Å². The van der Waals surface area contributed by atoms with Crippen molar-refractivity contribution >= 4 is 28.8 Å². The highest BCUT2D eigenvalue weighted by molar-refractivity contribution is 7.86. The molecular formula is C20H34F3NO6S2. The van der Waals surface area contributed by atoms with Gasteiger partial charge in [0.2, 0.25) is 6.17 Å². The van der Waals surface area contributed by atoms with Crippen molar-refractivity contribution in [1.29, 1.82) is 0 Å². The molecule has 0 bridgehead atoms. The van der Waals surface area contributed by atoms with Gasteiger partial charge in [0.05, 0.1) is 13.2 Å². The summed E-state index contributed by atoms with van der Waals surface area (Å²) in [6, 6.07) is 0. The smallest absolute Gasteiger partial charge is 0.410 e. The Morgan fingerprint density at radius 3 is 2.16 bits per heavy atom. The zero-order valence-corrected chi connectivity index (χ0v) is 20.8. The highest BCUT2D eigenvalue weighted by Gasteiger charge is 2.53. The molecule has 0 saturated carbocycles. The number of halogens is 3. The van der Waals surface area contributed by atoms with E-state index in [4.69, 9.17) is 9.29 Å². The molecule has 0 aromatic rings. The first kappa shape index (κ1) is 34.9. The van der Waals surface area contributed by atoms with Gasteiger partial charge in [0.15, 0.2) is 0 Å². The minimum absolute atomic E-state index is 0.157. The molecule has 1 rings (SSSR count). The van der Waals surface area contributed by atoms with Crippen molar-refractivity contribution in [2.45, 2.75) is 51.3 Å². The third kappa shape index (κ3) is 14.4. The number of rotatable bonds is 6. The average molecular weight is 506 g/mol. The number of nitrogens with zero attached hydrogens (tertiary/aromatic N) is 1. The number of carbonyl (C=O) groups excluding carboxylic acids is 1. The number of morpholine rings is 1. The number of allylic oxidation sites excluding steroid dienone is 1. The van der Waals surface area contributed by atoms with Crippen molar-refractivity contribution in [3.63, 3.8) is 0 Å². The van der Waals surface area contributed by atoms with E-state index in [0.717, 1.165) is 10.5 Å². The summed E-state index contributed by atoms with van der Waals surface area (Å²) in [5, 5.41) is -4.84. The van der Waals surface area contributed by atoms with Gasteiger partial charge < -0.3 is 14.4 Å². The Labute approximate surface area is 194 Å². The molecule has 188 valence electrons. The van der Waals surface area contributed by atoms with Gasteiger partial charge in [-0.05, 0) is 25.2 Å². The molecule has 1 heterocycles. The molecule has 0 aromatic heterocycles. The summed E-state index contributed by atoms with van der Waals surface area (Å²) in [6.45, 7) is 16.3. The number of alkyl halides is 3. The van der Waals surface area contributed by atoms with E-state index in [9.17, 15) is 26.4 Å². The van der Waals surface area contributed by atoms with Gasteiger partial charge in [-0.25, -0.2) is 9.18 Å². The number of carbonyl (C=O) groups is 1. The summed E-state index contributed by atoms with van der Waals surface area (Å²) in [5.41, 5.74) is 6.12. The summed E-state index contributed by atoms with van der Waals surface area (Å²) in [7, 11) is -5.91. The topological polar surface area (TPSA) is 93.1 Å². The van der Waals surface area contributed by atoms with Crippen LogP contribution in [0, 0.1) is 0 Å². The normalized spacial score (nSPS) is 14.8. The molecular weight excluding hydrogens is 471 g/mol. The van der Waals surface area contributed by atoms with Crippen LogP contribution in [0.15, 0.2) is 36.3 Å². The first-order valence-corrected chi connectivity index (χ1v) is 11.8. The van der Waals surface area contributed by atoms with Crippen LogP contribution in [0.5, 0.6) is 0 Å². The molecule has 0 spiro atoms. The number of hydrogen-bond acceptors (Lipinski definition) is 6. The molecule has 1 N–H and O–H groups in total. The average Bonchev–Trinajstić information content (AvgIpc) is 2.78. The molecule has 1 aliphatic rings. The van der Waals surface area contributed by atoms with Crippen LogP contribution in [0.4, 0.5) is 18.0 Å². The molecule has 2 unspecified atom stereocenters. The van der Waals surface area contributed by atoms with Crippen LogP contribution < -0.4 is 0 Å². The molecule has 1 saturated heterocycles. The van der Waals surface area contributed by atoms with Gasteiger partial charge in [-0.15, -0.1) is 0 Å². The predicted molar refractivity (Wildman–Crippen MR) is 123 cm³/mol. The maximum Gasteiger partial charge on any atom is 0.410 e. The van der Waals surface area contributed by atoms with Crippen LogP contribution in [-0.2, 0) is 19.6 Å². The Hall–Kier alpha value is -1.68. The lowest BCUT2D eigenvalue weighted by Crippen LogP contribution is -2.44. The third-order valence-corrected chi connectivity index (χ3v) is 4.50. The molecule has 0 aromatic carbocycles. The first-order valence-electron chi connectivity index (χ1n) is 9.80. The fraction of sp³-hybridized carbons (Fsp3) is 0.650. The Morgan fingerprint density at radius 1 is 1.31 bits per heavy atom.